The predicted octanol–water partition coefficient (Wildman–Crippen LogP) is 9.50. The maximum Gasteiger partial charge on any atom is 0.427 e. The Labute approximate surface area is 235 Å². The molecule has 0 aliphatic heterocycles. The van der Waals surface area contributed by atoms with Crippen LogP contribution in [0.15, 0.2) is 97.1 Å². The molecule has 0 N–H and O–H groups in total. The number of hydrogen-bond donors (Lipinski definition) is 0. The van der Waals surface area contributed by atoms with E-state index in [0.717, 1.165) is 31.4 Å². The van der Waals surface area contributed by atoms with Gasteiger partial charge in [-0.3, -0.25) is 0 Å². The van der Waals surface area contributed by atoms with Crippen molar-refractivity contribution in [3.8, 4) is 23.0 Å². The summed E-state index contributed by atoms with van der Waals surface area (Å²) in [6.07, 6.45) is 3.87. The summed E-state index contributed by atoms with van der Waals surface area (Å²) in [5, 5.41) is 0. The lowest BCUT2D eigenvalue weighted by molar-refractivity contribution is 0.113. The van der Waals surface area contributed by atoms with Crippen LogP contribution in [0.4, 0.5) is 0 Å². The zero-order valence-corrected chi connectivity index (χ0v) is 25.0. The number of nitrogens with zero attached hydrogens (tertiary/aromatic N) is 1. The van der Waals surface area contributed by atoms with Gasteiger partial charge >= 0.3 is 8.53 Å². The molecular formula is C32H37NO4P2. The molecule has 0 amide bonds. The molecular weight excluding hydrogens is 524 g/mol. The topological polar surface area (TPSA) is 40.2 Å². The van der Waals surface area contributed by atoms with Crippen molar-refractivity contribution < 1.29 is 18.4 Å². The van der Waals surface area contributed by atoms with E-state index in [9.17, 15) is 0 Å². The molecule has 0 aromatic heterocycles. The molecule has 1 atom stereocenters. The molecule has 5 nitrogen and oxygen atoms in total. The van der Waals surface area contributed by atoms with E-state index in [2.05, 4.69) is 76.2 Å². The molecule has 39 heavy (non-hydrogen) atoms. The maximum absolute atomic E-state index is 6.45. The average Bonchev–Trinajstić information content (AvgIpc) is 3.00. The van der Waals surface area contributed by atoms with E-state index >= 15 is 0 Å². The van der Waals surface area contributed by atoms with Gasteiger partial charge in [-0.1, -0.05) is 76.2 Å². The van der Waals surface area contributed by atoms with Crippen LogP contribution in [0.3, 0.4) is 0 Å². The van der Waals surface area contributed by atoms with Crippen LogP contribution in [0.25, 0.3) is 0 Å². The highest BCUT2D eigenvalue weighted by Gasteiger charge is 2.30. The van der Waals surface area contributed by atoms with Crippen molar-refractivity contribution in [2.45, 2.75) is 53.4 Å². The van der Waals surface area contributed by atoms with Crippen LogP contribution in [0.2, 0.25) is 0 Å². The number of rotatable bonds is 14. The summed E-state index contributed by atoms with van der Waals surface area (Å²) >= 11 is 0. The van der Waals surface area contributed by atoms with Gasteiger partial charge in [-0.05, 0) is 96.5 Å². The van der Waals surface area contributed by atoms with E-state index in [1.54, 1.807) is 4.60 Å². The van der Waals surface area contributed by atoms with E-state index in [1.807, 2.05) is 48.5 Å². The molecule has 204 valence electrons. The summed E-state index contributed by atoms with van der Waals surface area (Å²) in [5.74, 6) is 2.85. The Hall–Kier alpha value is -3.10. The van der Waals surface area contributed by atoms with E-state index in [-0.39, 0.29) is 8.96 Å². The van der Waals surface area contributed by atoms with Crippen molar-refractivity contribution in [3.63, 3.8) is 0 Å². The Balaban J connectivity index is 1.62. The van der Waals surface area contributed by atoms with Crippen LogP contribution >= 0.6 is 17.5 Å². The zero-order valence-electron chi connectivity index (χ0n) is 23.1. The molecule has 0 aliphatic carbocycles. The highest BCUT2D eigenvalue weighted by Crippen LogP contribution is 2.50. The Bertz CT molecular complexity index is 1210. The average molecular weight is 562 g/mol. The van der Waals surface area contributed by atoms with Crippen molar-refractivity contribution in [3.05, 3.63) is 119 Å². The van der Waals surface area contributed by atoms with Gasteiger partial charge in [0.25, 0.3) is 0 Å². The molecule has 0 aliphatic rings. The molecule has 4 rings (SSSR count). The summed E-state index contributed by atoms with van der Waals surface area (Å²) in [5.41, 5.74) is 4.99. The van der Waals surface area contributed by atoms with Crippen LogP contribution in [0.1, 0.15) is 49.9 Å². The van der Waals surface area contributed by atoms with Gasteiger partial charge in [0.1, 0.15) is 23.0 Å². The van der Waals surface area contributed by atoms with E-state index in [4.69, 9.17) is 18.4 Å². The van der Waals surface area contributed by atoms with Crippen molar-refractivity contribution in [2.75, 3.05) is 0 Å². The van der Waals surface area contributed by atoms with Crippen LogP contribution in [0, 0.1) is 0 Å². The first kappa shape index (κ1) is 28.9. The summed E-state index contributed by atoms with van der Waals surface area (Å²) in [4.78, 5) is 6.38. The lowest BCUT2D eigenvalue weighted by Gasteiger charge is -2.28. The Morgan fingerprint density at radius 2 is 0.821 bits per heavy atom. The van der Waals surface area contributed by atoms with Gasteiger partial charge in [-0.2, -0.15) is 0 Å². The first-order valence-electron chi connectivity index (χ1n) is 13.5. The fraction of sp³-hybridized carbons (Fsp3) is 0.250. The first-order chi connectivity index (χ1) is 19.1. The normalized spacial score (nSPS) is 11.3. The van der Waals surface area contributed by atoms with Crippen LogP contribution in [0.5, 0.6) is 23.0 Å². The SMILES string of the molecule is CCc1ccc(OPN(Oc2ccc(CC)cc2)P(Oc2ccc(CC)cc2)Oc2ccc(CC)cc2)cc1. The van der Waals surface area contributed by atoms with Gasteiger partial charge in [-0.15, -0.1) is 0 Å². The van der Waals surface area contributed by atoms with Crippen LogP contribution in [-0.2, 0) is 25.7 Å². The molecule has 4 aromatic carbocycles. The van der Waals surface area contributed by atoms with Gasteiger partial charge in [0.15, 0.2) is 8.96 Å². The van der Waals surface area contributed by atoms with Gasteiger partial charge in [0.2, 0.25) is 0 Å². The second kappa shape index (κ2) is 14.9. The molecule has 0 bridgehead atoms. The third kappa shape index (κ3) is 8.70. The summed E-state index contributed by atoms with van der Waals surface area (Å²) in [6, 6.07) is 32.4. The standard InChI is InChI=1S/C32H37NO4P2/c1-5-25-9-17-29(18-10-25)34-33(38-35-30-19-11-26(6-2)12-20-30)39(36-31-21-13-27(7-3)14-22-31)37-32-23-15-28(8-4)16-24-32/h9-24,38H,5-8H2,1-4H3. The van der Waals surface area contributed by atoms with Gasteiger partial charge in [0, 0.05) is 4.60 Å². The Morgan fingerprint density at radius 1 is 0.487 bits per heavy atom. The molecule has 4 aromatic rings. The highest BCUT2D eigenvalue weighted by atomic mass is 31.2. The lowest BCUT2D eigenvalue weighted by atomic mass is 10.2. The van der Waals surface area contributed by atoms with Gasteiger partial charge < -0.3 is 18.4 Å². The minimum atomic E-state index is -1.75. The van der Waals surface area contributed by atoms with Crippen molar-refractivity contribution in [2.24, 2.45) is 0 Å². The molecule has 0 heterocycles. The number of aryl methyl sites for hydroxylation is 4. The fourth-order valence-corrected chi connectivity index (χ4v) is 5.75. The van der Waals surface area contributed by atoms with Crippen LogP contribution in [-0.4, -0.2) is 4.60 Å². The molecule has 1 unspecified atom stereocenters. The third-order valence-corrected chi connectivity index (χ3v) is 8.70. The Morgan fingerprint density at radius 3 is 1.18 bits per heavy atom. The molecule has 0 fully saturated rings. The van der Waals surface area contributed by atoms with Gasteiger partial charge in [-0.25, -0.2) is 0 Å². The van der Waals surface area contributed by atoms with Crippen molar-refractivity contribution in [1.29, 1.82) is 0 Å². The predicted molar refractivity (Wildman–Crippen MR) is 163 cm³/mol. The monoisotopic (exact) mass is 561 g/mol. The largest absolute Gasteiger partial charge is 0.457 e. The quantitative estimate of drug-likeness (QED) is 0.113. The highest BCUT2D eigenvalue weighted by molar-refractivity contribution is 7.55. The molecule has 7 heteroatoms. The van der Waals surface area contributed by atoms with Crippen molar-refractivity contribution in [1.82, 2.24) is 4.60 Å². The second-order valence-corrected chi connectivity index (χ2v) is 11.3. The van der Waals surface area contributed by atoms with Crippen LogP contribution < -0.4 is 18.4 Å². The smallest absolute Gasteiger partial charge is 0.427 e. The molecule has 0 spiro atoms. The first-order valence-corrected chi connectivity index (χ1v) is 15.5. The van der Waals surface area contributed by atoms with Gasteiger partial charge in [0.05, 0.1) is 0 Å². The number of benzene rings is 4. The molecule has 0 saturated heterocycles. The molecule has 0 saturated carbocycles. The lowest BCUT2D eigenvalue weighted by Crippen LogP contribution is -2.20. The minimum Gasteiger partial charge on any atom is -0.457 e. The fourth-order valence-electron chi connectivity index (χ4n) is 3.70. The zero-order chi connectivity index (χ0) is 27.5. The maximum atomic E-state index is 6.45. The number of hydrogen-bond acceptors (Lipinski definition) is 5. The molecule has 0 radical (unpaired) electrons. The Kier molecular flexibility index (Phi) is 11.0. The van der Waals surface area contributed by atoms with Crippen molar-refractivity contribution >= 4 is 17.5 Å². The van der Waals surface area contributed by atoms with E-state index in [0.29, 0.717) is 17.2 Å². The summed E-state index contributed by atoms with van der Waals surface area (Å²) < 4.78 is 20.8. The van der Waals surface area contributed by atoms with E-state index < -0.39 is 8.53 Å². The van der Waals surface area contributed by atoms with E-state index in [1.165, 1.54) is 22.3 Å². The third-order valence-electron chi connectivity index (χ3n) is 6.28. The summed E-state index contributed by atoms with van der Waals surface area (Å²) in [6.45, 7) is 8.54. The summed E-state index contributed by atoms with van der Waals surface area (Å²) in [7, 11) is -1.96. The minimum absolute atomic E-state index is 0.210. The second-order valence-electron chi connectivity index (χ2n) is 8.97.